The molecule has 4 heteroatoms. The van der Waals surface area contributed by atoms with Crippen LogP contribution in [-0.2, 0) is 6.54 Å². The lowest BCUT2D eigenvalue weighted by Gasteiger charge is -2.42. The van der Waals surface area contributed by atoms with Gasteiger partial charge in [0.05, 0.1) is 0 Å². The molecule has 1 saturated carbocycles. The van der Waals surface area contributed by atoms with E-state index in [4.69, 9.17) is 11.6 Å². The van der Waals surface area contributed by atoms with Gasteiger partial charge in [0.15, 0.2) is 0 Å². The molecule has 1 aromatic carbocycles. The fourth-order valence-electron chi connectivity index (χ4n) is 3.82. The summed E-state index contributed by atoms with van der Waals surface area (Å²) in [5.74, 6) is 0.862. The molecular weight excluding hydrogens is 348 g/mol. The summed E-state index contributed by atoms with van der Waals surface area (Å²) in [5.41, 5.74) is 1.25. The maximum Gasteiger partial charge on any atom is 0.0462 e. The predicted octanol–water partition coefficient (Wildman–Crippen LogP) is 4.46. The molecule has 2 fully saturated rings. The lowest BCUT2D eigenvalue weighted by atomic mass is 9.82. The highest BCUT2D eigenvalue weighted by Gasteiger charge is 2.30. The number of hydrogen-bond acceptors (Lipinski definition) is 2. The minimum atomic E-state index is 0.679. The van der Waals surface area contributed by atoms with Crippen LogP contribution in [-0.4, -0.2) is 30.6 Å². The summed E-state index contributed by atoms with van der Waals surface area (Å²) < 4.78 is 1.06. The molecule has 116 valence electrons. The van der Waals surface area contributed by atoms with Crippen LogP contribution in [0.15, 0.2) is 22.7 Å². The normalized spacial score (nSPS) is 25.1. The van der Waals surface area contributed by atoms with Gasteiger partial charge in [0.2, 0.25) is 0 Å². The third-order valence-electron chi connectivity index (χ3n) is 4.98. The molecule has 0 bridgehead atoms. The molecule has 1 aliphatic heterocycles. The Balaban J connectivity index is 1.71. The van der Waals surface area contributed by atoms with Gasteiger partial charge in [-0.2, -0.15) is 0 Å². The summed E-state index contributed by atoms with van der Waals surface area (Å²) in [7, 11) is 0. The Hall–Kier alpha value is -0.0900. The molecule has 0 aromatic heterocycles. The van der Waals surface area contributed by atoms with Crippen molar-refractivity contribution in [2.24, 2.45) is 5.92 Å². The first-order valence-corrected chi connectivity index (χ1v) is 9.30. The average molecular weight is 372 g/mol. The summed E-state index contributed by atoms with van der Waals surface area (Å²) >= 11 is 9.90. The zero-order valence-electron chi connectivity index (χ0n) is 12.5. The Morgan fingerprint density at radius 3 is 2.81 bits per heavy atom. The Bertz CT molecular complexity index is 474. The first kappa shape index (κ1) is 15.8. The minimum absolute atomic E-state index is 0.679. The molecule has 1 N–H and O–H groups in total. The van der Waals surface area contributed by atoms with Crippen LogP contribution in [0.3, 0.4) is 0 Å². The van der Waals surface area contributed by atoms with Crippen LogP contribution >= 0.6 is 27.5 Å². The molecule has 2 aliphatic rings. The lowest BCUT2D eigenvalue weighted by molar-refractivity contribution is 0.0860. The van der Waals surface area contributed by atoms with Crippen molar-refractivity contribution < 1.29 is 0 Å². The summed E-state index contributed by atoms with van der Waals surface area (Å²) in [6.07, 6.45) is 7.05. The summed E-state index contributed by atoms with van der Waals surface area (Å²) in [6, 6.07) is 6.94. The summed E-state index contributed by atoms with van der Waals surface area (Å²) in [6.45, 7) is 4.35. The van der Waals surface area contributed by atoms with Crippen molar-refractivity contribution in [3.8, 4) is 0 Å². The molecule has 1 aliphatic carbocycles. The summed E-state index contributed by atoms with van der Waals surface area (Å²) in [5, 5.41) is 4.47. The largest absolute Gasteiger partial charge is 0.314 e. The van der Waals surface area contributed by atoms with Crippen molar-refractivity contribution in [1.29, 1.82) is 0 Å². The van der Waals surface area contributed by atoms with Crippen LogP contribution in [0.2, 0.25) is 5.02 Å². The molecule has 0 amide bonds. The van der Waals surface area contributed by atoms with E-state index < -0.39 is 0 Å². The topological polar surface area (TPSA) is 15.3 Å². The number of piperazine rings is 1. The smallest absolute Gasteiger partial charge is 0.0462 e. The first-order chi connectivity index (χ1) is 10.2. The number of halogens is 2. The second kappa shape index (κ2) is 7.45. The van der Waals surface area contributed by atoms with E-state index in [1.54, 1.807) is 0 Å². The maximum atomic E-state index is 6.41. The van der Waals surface area contributed by atoms with Gasteiger partial charge in [-0.15, -0.1) is 0 Å². The highest BCUT2D eigenvalue weighted by atomic mass is 79.9. The van der Waals surface area contributed by atoms with Gasteiger partial charge in [-0.3, -0.25) is 4.90 Å². The standard InChI is InChI=1S/C17H24BrClN2/c18-15-7-6-14(16(19)10-15)12-21-9-8-20-11-17(21)13-4-2-1-3-5-13/h6-7,10,13,17,20H,1-5,8-9,11-12H2. The maximum absolute atomic E-state index is 6.41. The Kier molecular flexibility index (Phi) is 5.60. The van der Waals surface area contributed by atoms with E-state index in [0.29, 0.717) is 6.04 Å². The molecule has 3 rings (SSSR count). The third-order valence-corrected chi connectivity index (χ3v) is 5.83. The van der Waals surface area contributed by atoms with E-state index in [0.717, 1.165) is 41.6 Å². The fourth-order valence-corrected chi connectivity index (χ4v) is 4.55. The number of rotatable bonds is 3. The van der Waals surface area contributed by atoms with Gasteiger partial charge in [-0.05, 0) is 36.5 Å². The van der Waals surface area contributed by atoms with Gasteiger partial charge in [-0.25, -0.2) is 0 Å². The van der Waals surface area contributed by atoms with Crippen LogP contribution < -0.4 is 5.32 Å². The van der Waals surface area contributed by atoms with Gasteiger partial charge in [0.1, 0.15) is 0 Å². The van der Waals surface area contributed by atoms with Crippen molar-refractivity contribution in [3.63, 3.8) is 0 Å². The third kappa shape index (κ3) is 4.01. The molecule has 1 heterocycles. The van der Waals surface area contributed by atoms with Crippen LogP contribution in [0.25, 0.3) is 0 Å². The van der Waals surface area contributed by atoms with Gasteiger partial charge in [0.25, 0.3) is 0 Å². The zero-order chi connectivity index (χ0) is 14.7. The average Bonchev–Trinajstić information content (AvgIpc) is 2.51. The predicted molar refractivity (Wildman–Crippen MR) is 92.8 cm³/mol. The molecule has 0 radical (unpaired) electrons. The van der Waals surface area contributed by atoms with E-state index in [2.05, 4.69) is 38.3 Å². The quantitative estimate of drug-likeness (QED) is 0.844. The highest BCUT2D eigenvalue weighted by molar-refractivity contribution is 9.10. The van der Waals surface area contributed by atoms with E-state index in [-0.39, 0.29) is 0 Å². The molecule has 1 aromatic rings. The fraction of sp³-hybridized carbons (Fsp3) is 0.647. The van der Waals surface area contributed by atoms with E-state index >= 15 is 0 Å². The SMILES string of the molecule is Clc1cc(Br)ccc1CN1CCNCC1C1CCCCC1. The van der Waals surface area contributed by atoms with Crippen molar-refractivity contribution in [2.75, 3.05) is 19.6 Å². The number of nitrogens with zero attached hydrogens (tertiary/aromatic N) is 1. The molecule has 2 nitrogen and oxygen atoms in total. The van der Waals surface area contributed by atoms with Crippen LogP contribution in [0.4, 0.5) is 0 Å². The second-order valence-corrected chi connectivity index (χ2v) is 7.70. The molecule has 1 saturated heterocycles. The van der Waals surface area contributed by atoms with Crippen LogP contribution in [0.1, 0.15) is 37.7 Å². The molecule has 1 atom stereocenters. The molecule has 0 spiro atoms. The van der Waals surface area contributed by atoms with Gasteiger partial charge < -0.3 is 5.32 Å². The van der Waals surface area contributed by atoms with Gasteiger partial charge in [0, 0.05) is 41.7 Å². The Labute approximate surface area is 141 Å². The molecule has 21 heavy (non-hydrogen) atoms. The number of benzene rings is 1. The van der Waals surface area contributed by atoms with E-state index in [1.165, 1.54) is 37.7 Å². The Morgan fingerprint density at radius 2 is 2.05 bits per heavy atom. The van der Waals surface area contributed by atoms with E-state index in [1.807, 2.05) is 6.07 Å². The number of hydrogen-bond donors (Lipinski definition) is 1. The summed E-state index contributed by atoms with van der Waals surface area (Å²) in [4.78, 5) is 2.65. The minimum Gasteiger partial charge on any atom is -0.314 e. The second-order valence-electron chi connectivity index (χ2n) is 6.38. The van der Waals surface area contributed by atoms with Crippen LogP contribution in [0, 0.1) is 5.92 Å². The lowest BCUT2D eigenvalue weighted by Crippen LogP contribution is -2.54. The highest BCUT2D eigenvalue weighted by Crippen LogP contribution is 2.31. The van der Waals surface area contributed by atoms with Crippen molar-refractivity contribution in [3.05, 3.63) is 33.3 Å². The van der Waals surface area contributed by atoms with Crippen molar-refractivity contribution in [1.82, 2.24) is 10.2 Å². The van der Waals surface area contributed by atoms with Crippen molar-refractivity contribution >= 4 is 27.5 Å². The first-order valence-electron chi connectivity index (χ1n) is 8.13. The Morgan fingerprint density at radius 1 is 1.24 bits per heavy atom. The van der Waals surface area contributed by atoms with Gasteiger partial charge >= 0.3 is 0 Å². The van der Waals surface area contributed by atoms with E-state index in [9.17, 15) is 0 Å². The molecule has 1 unspecified atom stereocenters. The number of nitrogens with one attached hydrogen (secondary N) is 1. The zero-order valence-corrected chi connectivity index (χ0v) is 14.8. The van der Waals surface area contributed by atoms with Crippen LogP contribution in [0.5, 0.6) is 0 Å². The molecular formula is C17H24BrClN2. The van der Waals surface area contributed by atoms with Crippen molar-refractivity contribution in [2.45, 2.75) is 44.7 Å². The van der Waals surface area contributed by atoms with Gasteiger partial charge in [-0.1, -0.05) is 52.9 Å². The monoisotopic (exact) mass is 370 g/mol.